The van der Waals surface area contributed by atoms with Crippen LogP contribution in [0, 0.1) is 0 Å². The monoisotopic (exact) mass is 373 g/mol. The van der Waals surface area contributed by atoms with Crippen molar-refractivity contribution in [1.29, 1.82) is 0 Å². The maximum atomic E-state index is 12.8. The van der Waals surface area contributed by atoms with Gasteiger partial charge in [0.15, 0.2) is 0 Å². The van der Waals surface area contributed by atoms with Crippen LogP contribution in [0.15, 0.2) is 35.3 Å². The van der Waals surface area contributed by atoms with Crippen LogP contribution in [0.2, 0.25) is 0 Å². The van der Waals surface area contributed by atoms with Crippen LogP contribution >= 0.6 is 0 Å². The van der Waals surface area contributed by atoms with Gasteiger partial charge in [0.05, 0.1) is 6.54 Å². The van der Waals surface area contributed by atoms with E-state index in [-0.39, 0.29) is 25.1 Å². The summed E-state index contributed by atoms with van der Waals surface area (Å²) in [6, 6.07) is 7.40. The number of amides is 2. The van der Waals surface area contributed by atoms with Gasteiger partial charge in [-0.05, 0) is 31.5 Å². The Hall–Kier alpha value is -2.90. The van der Waals surface area contributed by atoms with Gasteiger partial charge in [0.25, 0.3) is 0 Å². The van der Waals surface area contributed by atoms with Gasteiger partial charge in [0.2, 0.25) is 5.91 Å². The lowest BCUT2D eigenvalue weighted by molar-refractivity contribution is -0.150. The second-order valence-corrected chi connectivity index (χ2v) is 6.80. The molecular weight excluding hydrogens is 350 g/mol. The third kappa shape index (κ3) is 4.10. The van der Waals surface area contributed by atoms with Crippen LogP contribution in [0.3, 0.4) is 0 Å². The molecule has 3 atom stereocenters. The molecule has 0 radical (unpaired) electrons. The molecule has 8 nitrogen and oxygen atoms in total. The summed E-state index contributed by atoms with van der Waals surface area (Å²) in [5, 5.41) is 9.38. The zero-order valence-electron chi connectivity index (χ0n) is 15.0. The highest BCUT2D eigenvalue weighted by molar-refractivity contribution is 5.89. The van der Waals surface area contributed by atoms with Crippen molar-refractivity contribution in [3.05, 3.63) is 35.9 Å². The van der Waals surface area contributed by atoms with Crippen molar-refractivity contribution >= 4 is 24.7 Å². The quantitative estimate of drug-likeness (QED) is 0.807. The first-order chi connectivity index (χ1) is 13.0. The Labute approximate surface area is 157 Å². The molecule has 0 unspecified atom stereocenters. The molecule has 1 N–H and O–H groups in total. The van der Waals surface area contributed by atoms with E-state index in [9.17, 15) is 19.5 Å². The first kappa shape index (κ1) is 18.9. The number of aliphatic imine (C=N–C) groups is 1. The SMILES string of the molecule is C=N[C@H]1CN(C(=O)OCc2ccccc2)CC[C@H]2CC[C@@H](C(=O)O)N2C1=O. The highest BCUT2D eigenvalue weighted by atomic mass is 16.6. The molecule has 2 aliphatic rings. The lowest BCUT2D eigenvalue weighted by Gasteiger charge is -2.36. The molecule has 0 saturated carbocycles. The summed E-state index contributed by atoms with van der Waals surface area (Å²) in [5.74, 6) is -1.39. The second-order valence-electron chi connectivity index (χ2n) is 6.80. The third-order valence-corrected chi connectivity index (χ3v) is 5.14. The fourth-order valence-corrected chi connectivity index (χ4v) is 3.71. The predicted octanol–water partition coefficient (Wildman–Crippen LogP) is 1.54. The number of ether oxygens (including phenoxy) is 1. The molecule has 2 aliphatic heterocycles. The number of fused-ring (bicyclic) bond motifs is 1. The van der Waals surface area contributed by atoms with E-state index >= 15 is 0 Å². The second kappa shape index (κ2) is 8.20. The average Bonchev–Trinajstić information content (AvgIpc) is 3.09. The lowest BCUT2D eigenvalue weighted by atomic mass is 10.1. The van der Waals surface area contributed by atoms with Crippen molar-refractivity contribution in [2.24, 2.45) is 4.99 Å². The lowest BCUT2D eigenvalue weighted by Crippen LogP contribution is -2.55. The summed E-state index contributed by atoms with van der Waals surface area (Å²) in [5.41, 5.74) is 0.874. The highest BCUT2D eigenvalue weighted by Gasteiger charge is 2.45. The summed E-state index contributed by atoms with van der Waals surface area (Å²) in [4.78, 5) is 43.5. The van der Waals surface area contributed by atoms with Crippen LogP contribution in [-0.2, 0) is 20.9 Å². The Morgan fingerprint density at radius 3 is 2.63 bits per heavy atom. The standard InChI is InChI=1S/C19H23N3O5/c1-20-15-11-21(19(26)27-12-13-5-3-2-4-6-13)10-9-14-7-8-16(18(24)25)22(14)17(15)23/h2-6,14-16H,1,7-12H2,(H,24,25)/t14-,15+,16+/m1/s1. The summed E-state index contributed by atoms with van der Waals surface area (Å²) in [7, 11) is 0. The summed E-state index contributed by atoms with van der Waals surface area (Å²) in [6.45, 7) is 4.01. The van der Waals surface area contributed by atoms with Gasteiger partial charge in [-0.3, -0.25) is 9.79 Å². The molecule has 27 heavy (non-hydrogen) atoms. The molecule has 2 fully saturated rings. The maximum absolute atomic E-state index is 12.8. The number of carboxylic acids is 1. The molecule has 2 saturated heterocycles. The van der Waals surface area contributed by atoms with E-state index in [0.29, 0.717) is 25.8 Å². The van der Waals surface area contributed by atoms with Crippen molar-refractivity contribution in [2.75, 3.05) is 13.1 Å². The molecule has 0 spiro atoms. The number of aliphatic carboxylic acids is 1. The van der Waals surface area contributed by atoms with Crippen LogP contribution in [0.5, 0.6) is 0 Å². The minimum Gasteiger partial charge on any atom is -0.480 e. The first-order valence-electron chi connectivity index (χ1n) is 8.97. The smallest absolute Gasteiger partial charge is 0.410 e. The van der Waals surface area contributed by atoms with Crippen molar-refractivity contribution in [2.45, 2.75) is 44.0 Å². The van der Waals surface area contributed by atoms with E-state index < -0.39 is 24.1 Å². The zero-order valence-corrected chi connectivity index (χ0v) is 15.0. The molecule has 3 rings (SSSR count). The Morgan fingerprint density at radius 1 is 1.22 bits per heavy atom. The van der Waals surface area contributed by atoms with Gasteiger partial charge in [-0.2, -0.15) is 0 Å². The van der Waals surface area contributed by atoms with Gasteiger partial charge in [-0.1, -0.05) is 30.3 Å². The molecule has 0 aliphatic carbocycles. The first-order valence-corrected chi connectivity index (χ1v) is 8.97. The number of benzene rings is 1. The predicted molar refractivity (Wildman–Crippen MR) is 97.4 cm³/mol. The summed E-state index contributed by atoms with van der Waals surface area (Å²) >= 11 is 0. The Balaban J connectivity index is 1.69. The van der Waals surface area contributed by atoms with Gasteiger partial charge in [-0.15, -0.1) is 0 Å². The number of hydrogen-bond donors (Lipinski definition) is 1. The van der Waals surface area contributed by atoms with Crippen molar-refractivity contribution in [1.82, 2.24) is 9.80 Å². The van der Waals surface area contributed by atoms with Gasteiger partial charge >= 0.3 is 12.1 Å². The number of carbonyl (C=O) groups excluding carboxylic acids is 2. The van der Waals surface area contributed by atoms with E-state index in [4.69, 9.17) is 4.74 Å². The van der Waals surface area contributed by atoms with Gasteiger partial charge in [-0.25, -0.2) is 9.59 Å². The van der Waals surface area contributed by atoms with E-state index in [1.54, 1.807) is 0 Å². The largest absolute Gasteiger partial charge is 0.480 e. The van der Waals surface area contributed by atoms with Crippen LogP contribution in [0.4, 0.5) is 4.79 Å². The van der Waals surface area contributed by atoms with Crippen molar-refractivity contribution in [3.8, 4) is 0 Å². The Bertz CT molecular complexity index is 723. The molecule has 0 aromatic heterocycles. The number of carboxylic acid groups (broad SMARTS) is 1. The minimum atomic E-state index is -1.01. The van der Waals surface area contributed by atoms with Crippen LogP contribution < -0.4 is 0 Å². The number of carbonyl (C=O) groups is 3. The van der Waals surface area contributed by atoms with E-state index in [1.807, 2.05) is 30.3 Å². The molecule has 0 bridgehead atoms. The zero-order chi connectivity index (χ0) is 19.4. The summed E-state index contributed by atoms with van der Waals surface area (Å²) < 4.78 is 5.37. The third-order valence-electron chi connectivity index (χ3n) is 5.14. The molecule has 1 aromatic carbocycles. The maximum Gasteiger partial charge on any atom is 0.410 e. The van der Waals surface area contributed by atoms with Crippen LogP contribution in [-0.4, -0.2) is 70.8 Å². The Kier molecular flexibility index (Phi) is 5.73. The average molecular weight is 373 g/mol. The van der Waals surface area contributed by atoms with Crippen molar-refractivity contribution < 1.29 is 24.2 Å². The van der Waals surface area contributed by atoms with Gasteiger partial charge in [0, 0.05) is 12.6 Å². The Morgan fingerprint density at radius 2 is 1.96 bits per heavy atom. The fourth-order valence-electron chi connectivity index (χ4n) is 3.71. The molecule has 144 valence electrons. The van der Waals surface area contributed by atoms with E-state index in [0.717, 1.165) is 5.56 Å². The molecule has 1 aromatic rings. The van der Waals surface area contributed by atoms with Gasteiger partial charge in [0.1, 0.15) is 18.7 Å². The fraction of sp³-hybridized carbons (Fsp3) is 0.474. The van der Waals surface area contributed by atoms with E-state index in [1.165, 1.54) is 9.80 Å². The summed E-state index contributed by atoms with van der Waals surface area (Å²) in [6.07, 6.45) is 1.01. The number of nitrogens with zero attached hydrogens (tertiary/aromatic N) is 3. The number of rotatable bonds is 4. The minimum absolute atomic E-state index is 0.0332. The molecule has 2 amide bonds. The molecule has 2 heterocycles. The number of hydrogen-bond acceptors (Lipinski definition) is 5. The molecular formula is C19H23N3O5. The topological polar surface area (TPSA) is 99.5 Å². The van der Waals surface area contributed by atoms with Crippen LogP contribution in [0.25, 0.3) is 0 Å². The normalized spacial score (nSPS) is 25.3. The highest BCUT2D eigenvalue weighted by Crippen LogP contribution is 2.30. The van der Waals surface area contributed by atoms with Crippen molar-refractivity contribution in [3.63, 3.8) is 0 Å². The van der Waals surface area contributed by atoms with Crippen LogP contribution in [0.1, 0.15) is 24.8 Å². The van der Waals surface area contributed by atoms with E-state index in [2.05, 4.69) is 11.7 Å². The van der Waals surface area contributed by atoms with Gasteiger partial charge < -0.3 is 19.6 Å². The molecule has 8 heteroatoms.